The fraction of sp³-hybridized carbons (Fsp3) is 1.00. The molecule has 1 atom stereocenters. The predicted octanol–water partition coefficient (Wildman–Crippen LogP) is 4.92. The van der Waals surface area contributed by atoms with Gasteiger partial charge in [0.1, 0.15) is 0 Å². The molecule has 0 bridgehead atoms. The summed E-state index contributed by atoms with van der Waals surface area (Å²) in [6.07, 6.45) is 17.2. The summed E-state index contributed by atoms with van der Waals surface area (Å²) in [6.45, 7) is 6.48. The number of hydrogen-bond donors (Lipinski definition) is 1. The van der Waals surface area contributed by atoms with E-state index in [0.717, 1.165) is 18.3 Å². The quantitative estimate of drug-likeness (QED) is 0.353. The van der Waals surface area contributed by atoms with Crippen LogP contribution in [0.15, 0.2) is 0 Å². The summed E-state index contributed by atoms with van der Waals surface area (Å²) in [5.41, 5.74) is 1.10. The molecular formula is C17H37NO. The number of rotatable bonds is 14. The average Bonchev–Trinajstić information content (AvgIpc) is 2.44. The molecule has 0 radical (unpaired) electrons. The first-order valence-electron chi connectivity index (χ1n) is 8.65. The second-order valence-corrected chi connectivity index (χ2v) is 6.41. The Morgan fingerprint density at radius 1 is 0.737 bits per heavy atom. The smallest absolute Gasteiger partial charge is 0.0927 e. The van der Waals surface area contributed by atoms with Crippen molar-refractivity contribution in [3.8, 4) is 0 Å². The van der Waals surface area contributed by atoms with Crippen molar-refractivity contribution in [3.05, 3.63) is 5.21 Å². The average molecular weight is 271 g/mol. The summed E-state index contributed by atoms with van der Waals surface area (Å²) >= 11 is 0. The van der Waals surface area contributed by atoms with E-state index < -0.39 is 0 Å². The molecule has 0 aliphatic carbocycles. The Hall–Kier alpha value is -0.0800. The highest BCUT2D eigenvalue weighted by atomic mass is 16.5. The van der Waals surface area contributed by atoms with Gasteiger partial charge >= 0.3 is 0 Å². The van der Waals surface area contributed by atoms with E-state index in [-0.39, 0.29) is 5.54 Å². The number of nitrogens with two attached hydrogens (primary N) is 1. The third-order valence-corrected chi connectivity index (χ3v) is 4.44. The largest absolute Gasteiger partial charge is 0.635 e. The van der Waals surface area contributed by atoms with E-state index in [9.17, 15) is 5.21 Å². The van der Waals surface area contributed by atoms with Gasteiger partial charge in [-0.05, 0) is 19.8 Å². The second kappa shape index (κ2) is 12.9. The lowest BCUT2D eigenvalue weighted by Crippen LogP contribution is -2.90. The molecule has 0 fully saturated rings. The van der Waals surface area contributed by atoms with Crippen LogP contribution in [0.1, 0.15) is 104 Å². The SMILES string of the molecule is CCCCCCCCCCCCCC(C)(CC)[NH2+][O-]. The molecule has 0 aromatic carbocycles. The zero-order valence-corrected chi connectivity index (χ0v) is 13.7. The lowest BCUT2D eigenvalue weighted by molar-refractivity contribution is -0.668. The van der Waals surface area contributed by atoms with Crippen molar-refractivity contribution in [1.29, 1.82) is 0 Å². The zero-order chi connectivity index (χ0) is 14.4. The molecule has 1 unspecified atom stereocenters. The standard InChI is InChI=1S/C17H37NO/c1-4-6-7-8-9-10-11-12-13-14-15-16-17(3,5-2)18-19/h4-16,18H2,1-3H3. The lowest BCUT2D eigenvalue weighted by atomic mass is 9.92. The number of unbranched alkanes of at least 4 members (excludes halogenated alkanes) is 10. The van der Waals surface area contributed by atoms with Crippen LogP contribution in [0.3, 0.4) is 0 Å². The Morgan fingerprint density at radius 3 is 1.53 bits per heavy atom. The molecular weight excluding hydrogens is 234 g/mol. The molecule has 0 aliphatic rings. The van der Waals surface area contributed by atoms with Gasteiger partial charge in [0, 0.05) is 6.42 Å². The van der Waals surface area contributed by atoms with Gasteiger partial charge in [0.2, 0.25) is 0 Å². The van der Waals surface area contributed by atoms with Gasteiger partial charge < -0.3 is 10.7 Å². The van der Waals surface area contributed by atoms with Crippen LogP contribution in [0.4, 0.5) is 0 Å². The fourth-order valence-corrected chi connectivity index (χ4v) is 2.51. The van der Waals surface area contributed by atoms with Gasteiger partial charge in [-0.15, -0.1) is 0 Å². The molecule has 116 valence electrons. The van der Waals surface area contributed by atoms with Crippen LogP contribution >= 0.6 is 0 Å². The van der Waals surface area contributed by atoms with Crippen molar-refractivity contribution in [1.82, 2.24) is 0 Å². The molecule has 0 aliphatic heterocycles. The summed E-state index contributed by atoms with van der Waals surface area (Å²) < 4.78 is 0. The van der Waals surface area contributed by atoms with Crippen molar-refractivity contribution in [2.75, 3.05) is 0 Å². The Kier molecular flexibility index (Phi) is 12.9. The van der Waals surface area contributed by atoms with Crippen LogP contribution in [0.2, 0.25) is 0 Å². The third-order valence-electron chi connectivity index (χ3n) is 4.44. The van der Waals surface area contributed by atoms with Crippen molar-refractivity contribution in [2.24, 2.45) is 0 Å². The molecule has 2 nitrogen and oxygen atoms in total. The van der Waals surface area contributed by atoms with Gasteiger partial charge in [-0.25, -0.2) is 0 Å². The van der Waals surface area contributed by atoms with E-state index in [4.69, 9.17) is 0 Å². The minimum Gasteiger partial charge on any atom is -0.635 e. The van der Waals surface area contributed by atoms with Crippen molar-refractivity contribution in [2.45, 2.75) is 110 Å². The maximum absolute atomic E-state index is 11.0. The van der Waals surface area contributed by atoms with Gasteiger partial charge in [-0.2, -0.15) is 0 Å². The van der Waals surface area contributed by atoms with Crippen molar-refractivity contribution < 1.29 is 5.48 Å². The molecule has 0 amide bonds. The van der Waals surface area contributed by atoms with E-state index in [1.54, 1.807) is 0 Å². The van der Waals surface area contributed by atoms with Crippen molar-refractivity contribution in [3.63, 3.8) is 0 Å². The van der Waals surface area contributed by atoms with E-state index in [1.165, 1.54) is 70.6 Å². The second-order valence-electron chi connectivity index (χ2n) is 6.41. The Balaban J connectivity index is 3.19. The number of hydroxylamine groups is 1. The first kappa shape index (κ1) is 18.9. The monoisotopic (exact) mass is 271 g/mol. The molecule has 0 spiro atoms. The predicted molar refractivity (Wildman–Crippen MR) is 85.1 cm³/mol. The van der Waals surface area contributed by atoms with Gasteiger partial charge in [0.15, 0.2) is 0 Å². The maximum atomic E-state index is 11.0. The number of hydrogen-bond acceptors (Lipinski definition) is 1. The Labute approximate surface area is 121 Å². The lowest BCUT2D eigenvalue weighted by Gasteiger charge is -2.28. The third kappa shape index (κ3) is 11.4. The van der Waals surface area contributed by atoms with Gasteiger partial charge in [0.25, 0.3) is 0 Å². The first-order chi connectivity index (χ1) is 9.18. The van der Waals surface area contributed by atoms with E-state index in [1.807, 2.05) is 0 Å². The highest BCUT2D eigenvalue weighted by molar-refractivity contribution is 4.69. The molecule has 0 aromatic rings. The Bertz CT molecular complexity index is 178. The first-order valence-corrected chi connectivity index (χ1v) is 8.65. The van der Waals surface area contributed by atoms with Crippen molar-refractivity contribution >= 4 is 0 Å². The molecule has 0 saturated carbocycles. The van der Waals surface area contributed by atoms with Crippen LogP contribution in [-0.2, 0) is 0 Å². The molecule has 0 rings (SSSR count). The van der Waals surface area contributed by atoms with Crippen LogP contribution < -0.4 is 5.48 Å². The minimum atomic E-state index is -0.0563. The van der Waals surface area contributed by atoms with Gasteiger partial charge in [-0.3, -0.25) is 0 Å². The topological polar surface area (TPSA) is 39.7 Å². The normalized spacial score (nSPS) is 14.5. The zero-order valence-electron chi connectivity index (χ0n) is 13.7. The van der Waals surface area contributed by atoms with Crippen LogP contribution in [0.25, 0.3) is 0 Å². The molecule has 2 heteroatoms. The van der Waals surface area contributed by atoms with Gasteiger partial charge in [-0.1, -0.05) is 78.1 Å². The summed E-state index contributed by atoms with van der Waals surface area (Å²) in [7, 11) is 0. The maximum Gasteiger partial charge on any atom is 0.0927 e. The molecule has 0 aromatic heterocycles. The highest BCUT2D eigenvalue weighted by Gasteiger charge is 2.20. The molecule has 19 heavy (non-hydrogen) atoms. The van der Waals surface area contributed by atoms with E-state index in [2.05, 4.69) is 20.8 Å². The summed E-state index contributed by atoms with van der Waals surface area (Å²) in [5, 5.41) is 11.0. The molecule has 2 N–H and O–H groups in total. The highest BCUT2D eigenvalue weighted by Crippen LogP contribution is 2.16. The summed E-state index contributed by atoms with van der Waals surface area (Å²) in [4.78, 5) is 0. The fourth-order valence-electron chi connectivity index (χ4n) is 2.51. The van der Waals surface area contributed by atoms with Gasteiger partial charge in [0.05, 0.1) is 5.54 Å². The van der Waals surface area contributed by atoms with Crippen LogP contribution in [0.5, 0.6) is 0 Å². The van der Waals surface area contributed by atoms with E-state index in [0.29, 0.717) is 0 Å². The number of quaternary nitrogens is 1. The van der Waals surface area contributed by atoms with E-state index >= 15 is 0 Å². The van der Waals surface area contributed by atoms with Crippen LogP contribution in [0, 0.1) is 5.21 Å². The van der Waals surface area contributed by atoms with Crippen LogP contribution in [-0.4, -0.2) is 5.54 Å². The summed E-state index contributed by atoms with van der Waals surface area (Å²) in [5.74, 6) is 0. The minimum absolute atomic E-state index is 0.0563. The summed E-state index contributed by atoms with van der Waals surface area (Å²) in [6, 6.07) is 0. The Morgan fingerprint density at radius 2 is 1.16 bits per heavy atom. The molecule has 0 saturated heterocycles. The molecule has 0 heterocycles.